The van der Waals surface area contributed by atoms with Gasteiger partial charge in [0, 0.05) is 6.07 Å². The van der Waals surface area contributed by atoms with Crippen molar-refractivity contribution in [2.45, 2.75) is 24.9 Å². The number of pyridine rings is 1. The lowest BCUT2D eigenvalue weighted by Crippen LogP contribution is -2.32. The van der Waals surface area contributed by atoms with E-state index in [1.807, 2.05) is 17.6 Å². The van der Waals surface area contributed by atoms with Crippen molar-refractivity contribution in [1.82, 2.24) is 14.5 Å². The molecule has 0 aromatic carbocycles. The zero-order valence-corrected chi connectivity index (χ0v) is 12.8. The van der Waals surface area contributed by atoms with Crippen LogP contribution >= 0.6 is 11.6 Å². The van der Waals surface area contributed by atoms with Gasteiger partial charge < -0.3 is 18.8 Å². The molecule has 7 heteroatoms. The second-order valence-electron chi connectivity index (χ2n) is 4.96. The number of methoxy groups -OCH3 is 1. The van der Waals surface area contributed by atoms with Crippen molar-refractivity contribution < 1.29 is 14.2 Å². The Hall–Kier alpha value is -1.37. The highest BCUT2D eigenvalue weighted by Crippen LogP contribution is 2.26. The van der Waals surface area contributed by atoms with Gasteiger partial charge in [-0.05, 0) is 13.0 Å². The smallest absolute Gasteiger partial charge is 0.215 e. The van der Waals surface area contributed by atoms with Gasteiger partial charge in [-0.15, -0.1) is 11.6 Å². The lowest BCUT2D eigenvalue weighted by Gasteiger charge is -2.24. The number of fused-ring (bicyclic) bond motifs is 1. The van der Waals surface area contributed by atoms with E-state index in [0.717, 1.165) is 17.0 Å². The Morgan fingerprint density at radius 1 is 1.43 bits per heavy atom. The van der Waals surface area contributed by atoms with Crippen LogP contribution in [0.15, 0.2) is 12.1 Å². The molecule has 21 heavy (non-hydrogen) atoms. The third-order valence-corrected chi connectivity index (χ3v) is 3.63. The van der Waals surface area contributed by atoms with Gasteiger partial charge in [0.2, 0.25) is 5.88 Å². The SMILES string of the molecule is COc1ccc2nc(C(C)Cl)n(CC3COCCO3)c2n1. The Morgan fingerprint density at radius 2 is 2.29 bits per heavy atom. The van der Waals surface area contributed by atoms with E-state index in [1.165, 1.54) is 0 Å². The first-order chi connectivity index (χ1) is 10.2. The fraction of sp³-hybridized carbons (Fsp3) is 0.571. The van der Waals surface area contributed by atoms with Crippen LogP contribution in [0.2, 0.25) is 0 Å². The van der Waals surface area contributed by atoms with Gasteiger partial charge in [0.15, 0.2) is 5.65 Å². The second kappa shape index (κ2) is 6.17. The van der Waals surface area contributed by atoms with Crippen molar-refractivity contribution in [3.8, 4) is 5.88 Å². The molecule has 1 aliphatic heterocycles. The third-order valence-electron chi connectivity index (χ3n) is 3.43. The van der Waals surface area contributed by atoms with Crippen molar-refractivity contribution in [2.24, 2.45) is 0 Å². The van der Waals surface area contributed by atoms with Crippen LogP contribution in [0.3, 0.4) is 0 Å². The summed E-state index contributed by atoms with van der Waals surface area (Å²) in [5.74, 6) is 1.33. The fourth-order valence-electron chi connectivity index (χ4n) is 2.44. The first kappa shape index (κ1) is 14.6. The number of rotatable bonds is 4. The maximum atomic E-state index is 6.26. The minimum Gasteiger partial charge on any atom is -0.481 e. The van der Waals surface area contributed by atoms with Gasteiger partial charge >= 0.3 is 0 Å². The van der Waals surface area contributed by atoms with Crippen LogP contribution in [0, 0.1) is 0 Å². The molecule has 0 radical (unpaired) electrons. The van der Waals surface area contributed by atoms with Crippen molar-refractivity contribution in [2.75, 3.05) is 26.9 Å². The predicted octanol–water partition coefficient (Wildman–Crippen LogP) is 2.16. The molecule has 2 unspecified atom stereocenters. The normalized spacial score (nSPS) is 20.6. The fourth-order valence-corrected chi connectivity index (χ4v) is 2.61. The molecule has 1 aliphatic rings. The summed E-state index contributed by atoms with van der Waals surface area (Å²) >= 11 is 6.26. The number of imidazole rings is 1. The average molecular weight is 312 g/mol. The molecule has 6 nitrogen and oxygen atoms in total. The summed E-state index contributed by atoms with van der Waals surface area (Å²) in [5.41, 5.74) is 1.56. The molecule has 0 N–H and O–H groups in total. The zero-order chi connectivity index (χ0) is 14.8. The minimum atomic E-state index is -0.213. The van der Waals surface area contributed by atoms with E-state index in [2.05, 4.69) is 9.97 Å². The Labute approximate surface area is 128 Å². The zero-order valence-electron chi connectivity index (χ0n) is 12.1. The molecule has 0 spiro atoms. The molecule has 0 amide bonds. The van der Waals surface area contributed by atoms with Crippen LogP contribution in [-0.4, -0.2) is 47.6 Å². The summed E-state index contributed by atoms with van der Waals surface area (Å²) in [6, 6.07) is 3.68. The third kappa shape index (κ3) is 2.97. The molecule has 0 aliphatic carbocycles. The monoisotopic (exact) mass is 311 g/mol. The van der Waals surface area contributed by atoms with Crippen LogP contribution in [-0.2, 0) is 16.0 Å². The van der Waals surface area contributed by atoms with Crippen LogP contribution in [0.5, 0.6) is 5.88 Å². The van der Waals surface area contributed by atoms with Gasteiger partial charge in [-0.25, -0.2) is 4.98 Å². The number of aromatic nitrogens is 3. The predicted molar refractivity (Wildman–Crippen MR) is 78.9 cm³/mol. The number of nitrogens with zero attached hydrogens (tertiary/aromatic N) is 3. The molecule has 114 valence electrons. The quantitative estimate of drug-likeness (QED) is 0.810. The van der Waals surface area contributed by atoms with E-state index in [4.69, 9.17) is 25.8 Å². The highest BCUT2D eigenvalue weighted by atomic mass is 35.5. The summed E-state index contributed by atoms with van der Waals surface area (Å²) in [4.78, 5) is 9.06. The highest BCUT2D eigenvalue weighted by molar-refractivity contribution is 6.20. The Morgan fingerprint density at radius 3 is 2.95 bits per heavy atom. The van der Waals surface area contributed by atoms with Gasteiger partial charge in [0.1, 0.15) is 11.3 Å². The highest BCUT2D eigenvalue weighted by Gasteiger charge is 2.22. The average Bonchev–Trinajstić information content (AvgIpc) is 2.86. The summed E-state index contributed by atoms with van der Waals surface area (Å²) in [7, 11) is 1.60. The van der Waals surface area contributed by atoms with E-state index in [9.17, 15) is 0 Å². The van der Waals surface area contributed by atoms with Crippen molar-refractivity contribution in [3.63, 3.8) is 0 Å². The van der Waals surface area contributed by atoms with E-state index >= 15 is 0 Å². The Balaban J connectivity index is 2.01. The maximum Gasteiger partial charge on any atom is 0.215 e. The van der Waals surface area contributed by atoms with Crippen LogP contribution in [0.4, 0.5) is 0 Å². The van der Waals surface area contributed by atoms with Gasteiger partial charge in [0.25, 0.3) is 0 Å². The standard InChI is InChI=1S/C14H18ClN3O3/c1-9(15)13-16-11-3-4-12(19-2)17-14(11)18(13)7-10-8-20-5-6-21-10/h3-4,9-10H,5-8H2,1-2H3. The molecular weight excluding hydrogens is 294 g/mol. The first-order valence-corrected chi connectivity index (χ1v) is 7.37. The maximum absolute atomic E-state index is 6.26. The molecule has 2 aromatic rings. The topological polar surface area (TPSA) is 58.4 Å². The lowest BCUT2D eigenvalue weighted by molar-refractivity contribution is -0.0934. The van der Waals surface area contributed by atoms with E-state index in [1.54, 1.807) is 13.2 Å². The number of halogens is 1. The molecular formula is C14H18ClN3O3. The number of hydrogen-bond donors (Lipinski definition) is 0. The first-order valence-electron chi connectivity index (χ1n) is 6.93. The molecule has 3 heterocycles. The molecule has 2 atom stereocenters. The van der Waals surface area contributed by atoms with Crippen molar-refractivity contribution in [3.05, 3.63) is 18.0 Å². The molecule has 1 fully saturated rings. The number of hydrogen-bond acceptors (Lipinski definition) is 5. The van der Waals surface area contributed by atoms with Crippen molar-refractivity contribution in [1.29, 1.82) is 0 Å². The molecule has 0 saturated carbocycles. The molecule has 1 saturated heterocycles. The van der Waals surface area contributed by atoms with Gasteiger partial charge in [-0.1, -0.05) is 0 Å². The van der Waals surface area contributed by atoms with Gasteiger partial charge in [-0.3, -0.25) is 0 Å². The largest absolute Gasteiger partial charge is 0.481 e. The molecule has 0 bridgehead atoms. The summed E-state index contributed by atoms with van der Waals surface area (Å²) in [6.07, 6.45) is -0.0154. The summed E-state index contributed by atoms with van der Waals surface area (Å²) in [5, 5.41) is -0.213. The lowest BCUT2D eigenvalue weighted by atomic mass is 10.3. The summed E-state index contributed by atoms with van der Waals surface area (Å²) in [6.45, 7) is 4.34. The van der Waals surface area contributed by atoms with E-state index in [0.29, 0.717) is 32.2 Å². The van der Waals surface area contributed by atoms with Gasteiger partial charge in [0.05, 0.1) is 45.0 Å². The van der Waals surface area contributed by atoms with E-state index in [-0.39, 0.29) is 11.5 Å². The van der Waals surface area contributed by atoms with E-state index < -0.39 is 0 Å². The summed E-state index contributed by atoms with van der Waals surface area (Å²) < 4.78 is 18.4. The molecule has 3 rings (SSSR count). The van der Waals surface area contributed by atoms with Gasteiger partial charge in [-0.2, -0.15) is 4.98 Å². The number of alkyl halides is 1. The van der Waals surface area contributed by atoms with Crippen LogP contribution in [0.25, 0.3) is 11.2 Å². The van der Waals surface area contributed by atoms with Crippen LogP contribution < -0.4 is 4.74 Å². The van der Waals surface area contributed by atoms with Crippen molar-refractivity contribution >= 4 is 22.8 Å². The minimum absolute atomic E-state index is 0.0154. The molecule has 2 aromatic heterocycles. The number of ether oxygens (including phenoxy) is 3. The van der Waals surface area contributed by atoms with Crippen LogP contribution in [0.1, 0.15) is 18.1 Å². The Bertz CT molecular complexity index is 623. The second-order valence-corrected chi connectivity index (χ2v) is 5.62. The Kier molecular flexibility index (Phi) is 4.28.